The van der Waals surface area contributed by atoms with Crippen LogP contribution in [0.1, 0.15) is 58.8 Å². The van der Waals surface area contributed by atoms with Gasteiger partial charge in [0.05, 0.1) is 6.61 Å². The Morgan fingerprint density at radius 2 is 1.74 bits per heavy atom. The number of aliphatic hydroxyl groups is 1. The number of unbranched alkanes of at least 4 members (excludes halogenated alkanes) is 4. The highest BCUT2D eigenvalue weighted by molar-refractivity contribution is 5.70. The lowest BCUT2D eigenvalue weighted by Gasteiger charge is -2.15. The van der Waals surface area contributed by atoms with Gasteiger partial charge in [-0.3, -0.25) is 9.59 Å². The summed E-state index contributed by atoms with van der Waals surface area (Å²) >= 11 is 0. The maximum atomic E-state index is 11.5. The Kier molecular flexibility index (Phi) is 11.3. The molecule has 5 heteroatoms. The minimum absolute atomic E-state index is 0.0786. The van der Waals surface area contributed by atoms with E-state index in [2.05, 4.69) is 6.92 Å². The van der Waals surface area contributed by atoms with Gasteiger partial charge in [0.15, 0.2) is 6.10 Å². The number of esters is 2. The van der Waals surface area contributed by atoms with Gasteiger partial charge in [-0.25, -0.2) is 0 Å². The molecule has 0 aromatic carbocycles. The van der Waals surface area contributed by atoms with Gasteiger partial charge in [-0.2, -0.15) is 0 Å². The lowest BCUT2D eigenvalue weighted by atomic mass is 10.1. The van der Waals surface area contributed by atoms with E-state index in [4.69, 9.17) is 14.6 Å². The first kappa shape index (κ1) is 17.9. The summed E-state index contributed by atoms with van der Waals surface area (Å²) < 4.78 is 9.86. The largest absolute Gasteiger partial charge is 0.462 e. The van der Waals surface area contributed by atoms with Crippen LogP contribution in [0.3, 0.4) is 0 Å². The summed E-state index contributed by atoms with van der Waals surface area (Å²) in [6, 6.07) is 0. The Labute approximate surface area is 115 Å². The summed E-state index contributed by atoms with van der Waals surface area (Å²) in [6.45, 7) is 3.40. The molecule has 1 atom stereocenters. The quantitative estimate of drug-likeness (QED) is 0.462. The molecule has 0 spiro atoms. The van der Waals surface area contributed by atoms with Crippen LogP contribution >= 0.6 is 0 Å². The summed E-state index contributed by atoms with van der Waals surface area (Å²) in [4.78, 5) is 22.4. The van der Waals surface area contributed by atoms with Crippen LogP contribution < -0.4 is 0 Å². The summed E-state index contributed by atoms with van der Waals surface area (Å²) in [7, 11) is 0. The van der Waals surface area contributed by atoms with Gasteiger partial charge in [-0.05, 0) is 6.42 Å². The highest BCUT2D eigenvalue weighted by Gasteiger charge is 2.15. The van der Waals surface area contributed by atoms with E-state index < -0.39 is 6.10 Å². The molecule has 0 aromatic rings. The van der Waals surface area contributed by atoms with Crippen LogP contribution in [0.2, 0.25) is 0 Å². The molecule has 0 amide bonds. The van der Waals surface area contributed by atoms with Crippen LogP contribution in [0.25, 0.3) is 0 Å². The van der Waals surface area contributed by atoms with Crippen molar-refractivity contribution in [2.75, 3.05) is 13.2 Å². The average Bonchev–Trinajstić information content (AvgIpc) is 2.42. The van der Waals surface area contributed by atoms with Crippen LogP contribution in [0, 0.1) is 0 Å². The van der Waals surface area contributed by atoms with Crippen molar-refractivity contribution in [2.45, 2.75) is 64.9 Å². The number of rotatable bonds is 11. The third-order valence-electron chi connectivity index (χ3n) is 2.71. The molecule has 0 aliphatic carbocycles. The van der Waals surface area contributed by atoms with Crippen molar-refractivity contribution in [3.8, 4) is 0 Å². The van der Waals surface area contributed by atoms with E-state index >= 15 is 0 Å². The maximum absolute atomic E-state index is 11.5. The van der Waals surface area contributed by atoms with Gasteiger partial charge in [-0.15, -0.1) is 0 Å². The summed E-state index contributed by atoms with van der Waals surface area (Å²) in [5.41, 5.74) is 0. The lowest BCUT2D eigenvalue weighted by Crippen LogP contribution is -2.28. The fourth-order valence-electron chi connectivity index (χ4n) is 1.53. The second kappa shape index (κ2) is 12.0. The molecule has 19 heavy (non-hydrogen) atoms. The molecule has 0 aromatic heterocycles. The predicted molar refractivity (Wildman–Crippen MR) is 71.6 cm³/mol. The van der Waals surface area contributed by atoms with Crippen molar-refractivity contribution in [3.63, 3.8) is 0 Å². The molecule has 0 bridgehead atoms. The highest BCUT2D eigenvalue weighted by atomic mass is 16.6. The Bertz CT molecular complexity index is 252. The van der Waals surface area contributed by atoms with Crippen LogP contribution in [0.5, 0.6) is 0 Å². The van der Waals surface area contributed by atoms with Crippen LogP contribution in [0.15, 0.2) is 0 Å². The van der Waals surface area contributed by atoms with E-state index in [1.807, 2.05) is 0 Å². The highest BCUT2D eigenvalue weighted by Crippen LogP contribution is 2.07. The van der Waals surface area contributed by atoms with Gasteiger partial charge < -0.3 is 14.6 Å². The van der Waals surface area contributed by atoms with E-state index in [1.54, 1.807) is 6.92 Å². The SMILES string of the molecule is CCCCCCCC(=O)OC(CO)COC(=O)CC. The molecule has 0 saturated carbocycles. The second-order valence-electron chi connectivity index (χ2n) is 4.50. The molecule has 112 valence electrons. The zero-order chi connectivity index (χ0) is 14.5. The van der Waals surface area contributed by atoms with Gasteiger partial charge in [0, 0.05) is 12.8 Å². The first-order valence-corrected chi connectivity index (χ1v) is 7.09. The minimum Gasteiger partial charge on any atom is -0.462 e. The standard InChI is InChI=1S/C14H26O5/c1-3-5-6-7-8-9-14(17)19-12(10-15)11-18-13(16)4-2/h12,15H,3-11H2,1-2H3. The monoisotopic (exact) mass is 274 g/mol. The summed E-state index contributed by atoms with van der Waals surface area (Å²) in [5, 5.41) is 9.03. The third kappa shape index (κ3) is 10.5. The second-order valence-corrected chi connectivity index (χ2v) is 4.50. The van der Waals surface area contributed by atoms with E-state index in [-0.39, 0.29) is 31.6 Å². The smallest absolute Gasteiger partial charge is 0.306 e. The van der Waals surface area contributed by atoms with Crippen molar-refractivity contribution in [1.29, 1.82) is 0 Å². The number of carbonyl (C=O) groups excluding carboxylic acids is 2. The first-order chi connectivity index (χ1) is 9.13. The molecule has 0 aliphatic rings. The fourth-order valence-corrected chi connectivity index (χ4v) is 1.53. The molecule has 1 N–H and O–H groups in total. The topological polar surface area (TPSA) is 72.8 Å². The molecule has 0 aliphatic heterocycles. The molecule has 0 fully saturated rings. The zero-order valence-electron chi connectivity index (χ0n) is 12.0. The third-order valence-corrected chi connectivity index (χ3v) is 2.71. The number of ether oxygens (including phenoxy) is 2. The number of hydrogen-bond acceptors (Lipinski definition) is 5. The average molecular weight is 274 g/mol. The van der Waals surface area contributed by atoms with Gasteiger partial charge in [0.25, 0.3) is 0 Å². The van der Waals surface area contributed by atoms with Gasteiger partial charge >= 0.3 is 11.9 Å². The molecular weight excluding hydrogens is 248 g/mol. The molecule has 5 nitrogen and oxygen atoms in total. The zero-order valence-corrected chi connectivity index (χ0v) is 12.0. The van der Waals surface area contributed by atoms with Crippen molar-refractivity contribution >= 4 is 11.9 Å². The van der Waals surface area contributed by atoms with Crippen LogP contribution in [-0.4, -0.2) is 36.4 Å². The van der Waals surface area contributed by atoms with Crippen molar-refractivity contribution in [2.24, 2.45) is 0 Å². The fraction of sp³-hybridized carbons (Fsp3) is 0.857. The van der Waals surface area contributed by atoms with Gasteiger partial charge in [0.2, 0.25) is 0 Å². The predicted octanol–water partition coefficient (Wildman–Crippen LogP) is 2.20. The number of carbonyl (C=O) groups is 2. The normalized spacial score (nSPS) is 11.9. The molecule has 0 heterocycles. The van der Waals surface area contributed by atoms with E-state index in [9.17, 15) is 9.59 Å². The minimum atomic E-state index is -0.751. The van der Waals surface area contributed by atoms with Crippen LogP contribution in [0.4, 0.5) is 0 Å². The van der Waals surface area contributed by atoms with Crippen molar-refractivity contribution in [3.05, 3.63) is 0 Å². The number of hydrogen-bond donors (Lipinski definition) is 1. The van der Waals surface area contributed by atoms with Gasteiger partial charge in [0.1, 0.15) is 6.61 Å². The molecule has 0 saturated heterocycles. The molecular formula is C14H26O5. The Hall–Kier alpha value is -1.10. The van der Waals surface area contributed by atoms with E-state index in [0.29, 0.717) is 6.42 Å². The van der Waals surface area contributed by atoms with Gasteiger partial charge in [-0.1, -0.05) is 39.5 Å². The molecule has 0 radical (unpaired) electrons. The van der Waals surface area contributed by atoms with Crippen molar-refractivity contribution in [1.82, 2.24) is 0 Å². The first-order valence-electron chi connectivity index (χ1n) is 7.09. The van der Waals surface area contributed by atoms with E-state index in [0.717, 1.165) is 19.3 Å². The Balaban J connectivity index is 3.71. The Morgan fingerprint density at radius 3 is 2.32 bits per heavy atom. The Morgan fingerprint density at radius 1 is 1.05 bits per heavy atom. The molecule has 1 unspecified atom stereocenters. The lowest BCUT2D eigenvalue weighted by molar-refractivity contribution is -0.161. The van der Waals surface area contributed by atoms with E-state index in [1.165, 1.54) is 12.8 Å². The summed E-state index contributed by atoms with van der Waals surface area (Å²) in [6.07, 6.45) is 5.15. The number of aliphatic hydroxyl groups excluding tert-OH is 1. The summed E-state index contributed by atoms with van der Waals surface area (Å²) in [5.74, 6) is -0.711. The molecule has 0 rings (SSSR count). The van der Waals surface area contributed by atoms with Crippen LogP contribution in [-0.2, 0) is 19.1 Å². The van der Waals surface area contributed by atoms with Crippen molar-refractivity contribution < 1.29 is 24.2 Å². The maximum Gasteiger partial charge on any atom is 0.306 e.